The van der Waals surface area contributed by atoms with Crippen molar-refractivity contribution in [1.29, 1.82) is 0 Å². The number of nitrogens with zero attached hydrogens (tertiary/aromatic N) is 6. The lowest BCUT2D eigenvalue weighted by atomic mass is 10.2. The van der Waals surface area contributed by atoms with Gasteiger partial charge in [0.05, 0.1) is 5.75 Å². The van der Waals surface area contributed by atoms with Gasteiger partial charge in [0.2, 0.25) is 5.01 Å². The van der Waals surface area contributed by atoms with Gasteiger partial charge in [-0.25, -0.2) is 0 Å². The van der Waals surface area contributed by atoms with Gasteiger partial charge in [-0.2, -0.15) is 0 Å². The normalized spacial score (nSPS) is 10.9. The predicted octanol–water partition coefficient (Wildman–Crippen LogP) is 4.40. The molecule has 0 saturated heterocycles. The van der Waals surface area contributed by atoms with E-state index in [1.807, 2.05) is 41.9 Å². The summed E-state index contributed by atoms with van der Waals surface area (Å²) in [4.78, 5) is 14.7. The lowest BCUT2D eigenvalue weighted by molar-refractivity contribution is 0.0950. The quantitative estimate of drug-likeness (QED) is 0.328. The topological polar surface area (TPSA) is 88.8 Å². The zero-order valence-corrected chi connectivity index (χ0v) is 21.1. The van der Waals surface area contributed by atoms with Crippen LogP contribution >= 0.6 is 23.1 Å². The first-order valence-electron chi connectivity index (χ1n) is 11.1. The number of anilines is 1. The van der Waals surface area contributed by atoms with Gasteiger partial charge in [0.25, 0.3) is 5.91 Å². The fourth-order valence-electron chi connectivity index (χ4n) is 3.49. The van der Waals surface area contributed by atoms with Crippen LogP contribution < -0.4 is 10.2 Å². The first-order valence-corrected chi connectivity index (χ1v) is 12.9. The maximum atomic E-state index is 12.4. The van der Waals surface area contributed by atoms with Crippen LogP contribution in [-0.2, 0) is 19.3 Å². The Morgan fingerprint density at radius 2 is 1.74 bits per heavy atom. The van der Waals surface area contributed by atoms with E-state index in [2.05, 4.69) is 68.7 Å². The minimum Gasteiger partial charge on any atom is -0.372 e. The van der Waals surface area contributed by atoms with Gasteiger partial charge >= 0.3 is 0 Å². The summed E-state index contributed by atoms with van der Waals surface area (Å²) in [5, 5.41) is 21.7. The lowest BCUT2D eigenvalue weighted by Crippen LogP contribution is -2.22. The van der Waals surface area contributed by atoms with Crippen LogP contribution in [-0.4, -0.2) is 44.0 Å². The van der Waals surface area contributed by atoms with Crippen molar-refractivity contribution in [2.24, 2.45) is 7.05 Å². The second-order valence-corrected chi connectivity index (χ2v) is 9.55. The number of benzene rings is 2. The number of hydrogen-bond acceptors (Lipinski definition) is 8. The van der Waals surface area contributed by atoms with E-state index in [-0.39, 0.29) is 5.91 Å². The first kappa shape index (κ1) is 23.9. The van der Waals surface area contributed by atoms with Crippen molar-refractivity contribution < 1.29 is 4.79 Å². The van der Waals surface area contributed by atoms with Gasteiger partial charge in [-0.3, -0.25) is 4.79 Å². The number of hydrogen-bond donors (Lipinski definition) is 1. The molecule has 0 radical (unpaired) electrons. The van der Waals surface area contributed by atoms with Gasteiger partial charge in [-0.1, -0.05) is 53.4 Å². The van der Waals surface area contributed by atoms with Crippen molar-refractivity contribution in [3.8, 4) is 11.4 Å². The summed E-state index contributed by atoms with van der Waals surface area (Å²) in [5.41, 5.74) is 3.26. The number of aromatic nitrogens is 5. The summed E-state index contributed by atoms with van der Waals surface area (Å²) in [6.07, 6.45) is 0. The summed E-state index contributed by atoms with van der Waals surface area (Å²) in [6.45, 7) is 6.72. The zero-order valence-electron chi connectivity index (χ0n) is 19.4. The highest BCUT2D eigenvalue weighted by Gasteiger charge is 2.16. The van der Waals surface area contributed by atoms with E-state index in [0.717, 1.165) is 40.2 Å². The number of carbonyl (C=O) groups excluding carboxylic acids is 1. The monoisotopic (exact) mass is 493 g/mol. The molecule has 176 valence electrons. The molecule has 0 aliphatic rings. The molecule has 0 fully saturated rings. The molecule has 0 unspecified atom stereocenters. The van der Waals surface area contributed by atoms with E-state index in [0.29, 0.717) is 17.3 Å². The molecule has 8 nitrogen and oxygen atoms in total. The highest BCUT2D eigenvalue weighted by Crippen LogP contribution is 2.27. The maximum absolute atomic E-state index is 12.4. The molecule has 2 aromatic carbocycles. The Morgan fingerprint density at radius 3 is 2.44 bits per heavy atom. The Bertz CT molecular complexity index is 1220. The summed E-state index contributed by atoms with van der Waals surface area (Å²) < 4.78 is 1.98. The van der Waals surface area contributed by atoms with Gasteiger partial charge in [0.15, 0.2) is 11.0 Å². The SMILES string of the molecule is CCN(CC)c1ccc(-c2nnc(SCc3nnc(C(=O)NCc4ccccc4)s3)n2C)cc1. The summed E-state index contributed by atoms with van der Waals surface area (Å²) in [7, 11) is 1.96. The minimum atomic E-state index is -0.216. The number of thioether (sulfide) groups is 1. The highest BCUT2D eigenvalue weighted by atomic mass is 32.2. The summed E-state index contributed by atoms with van der Waals surface area (Å²) in [5.74, 6) is 1.16. The second kappa shape index (κ2) is 11.3. The van der Waals surface area contributed by atoms with Gasteiger partial charge in [0, 0.05) is 37.9 Å². The average molecular weight is 494 g/mol. The molecule has 0 aliphatic heterocycles. The Kier molecular flexibility index (Phi) is 7.91. The molecule has 0 atom stereocenters. The van der Waals surface area contributed by atoms with Gasteiger partial charge in [-0.15, -0.1) is 20.4 Å². The van der Waals surface area contributed by atoms with E-state index in [1.54, 1.807) is 0 Å². The van der Waals surface area contributed by atoms with Crippen LogP contribution in [0.5, 0.6) is 0 Å². The van der Waals surface area contributed by atoms with E-state index in [9.17, 15) is 4.79 Å². The van der Waals surface area contributed by atoms with E-state index in [4.69, 9.17) is 0 Å². The molecule has 0 spiro atoms. The third kappa shape index (κ3) is 5.63. The Morgan fingerprint density at radius 1 is 1.00 bits per heavy atom. The molecular formula is C24H27N7OS2. The van der Waals surface area contributed by atoms with Crippen LogP contribution in [0.25, 0.3) is 11.4 Å². The standard InChI is InChI=1S/C24H27N7OS2/c1-4-31(5-2)19-13-11-18(12-14-19)21-27-29-24(30(21)3)33-16-20-26-28-23(34-20)22(32)25-15-17-9-7-6-8-10-17/h6-14H,4-5,15-16H2,1-3H3,(H,25,32). The van der Waals surface area contributed by atoms with E-state index in [1.165, 1.54) is 28.8 Å². The number of amides is 1. The third-order valence-electron chi connectivity index (χ3n) is 5.37. The largest absolute Gasteiger partial charge is 0.372 e. The fraction of sp³-hybridized carbons (Fsp3) is 0.292. The first-order chi connectivity index (χ1) is 16.6. The van der Waals surface area contributed by atoms with Crippen molar-refractivity contribution in [1.82, 2.24) is 30.3 Å². The van der Waals surface area contributed by atoms with E-state index < -0.39 is 0 Å². The zero-order chi connectivity index (χ0) is 23.9. The summed E-state index contributed by atoms with van der Waals surface area (Å²) >= 11 is 2.82. The minimum absolute atomic E-state index is 0.216. The van der Waals surface area contributed by atoms with E-state index >= 15 is 0 Å². The molecule has 34 heavy (non-hydrogen) atoms. The molecule has 1 N–H and O–H groups in total. The molecular weight excluding hydrogens is 466 g/mol. The molecule has 0 saturated carbocycles. The maximum Gasteiger partial charge on any atom is 0.282 e. The van der Waals surface area contributed by atoms with Crippen LogP contribution in [0.4, 0.5) is 5.69 Å². The average Bonchev–Trinajstić information content (AvgIpc) is 3.50. The molecule has 4 aromatic rings. The van der Waals surface area contributed by atoms with Crippen molar-refractivity contribution in [2.75, 3.05) is 18.0 Å². The molecule has 1 amide bonds. The van der Waals surface area contributed by atoms with Crippen molar-refractivity contribution in [2.45, 2.75) is 31.3 Å². The van der Waals surface area contributed by atoms with Crippen LogP contribution in [0.15, 0.2) is 59.8 Å². The molecule has 2 aromatic heterocycles. The van der Waals surface area contributed by atoms with Crippen LogP contribution in [0.3, 0.4) is 0 Å². The summed E-state index contributed by atoms with van der Waals surface area (Å²) in [6, 6.07) is 18.2. The molecule has 0 bridgehead atoms. The predicted molar refractivity (Wildman–Crippen MR) is 137 cm³/mol. The molecule has 2 heterocycles. The number of nitrogens with one attached hydrogen (secondary N) is 1. The second-order valence-electron chi connectivity index (χ2n) is 7.54. The number of rotatable bonds is 10. The van der Waals surface area contributed by atoms with Crippen LogP contribution in [0.1, 0.15) is 34.2 Å². The van der Waals surface area contributed by atoms with Crippen molar-refractivity contribution >= 4 is 34.7 Å². The smallest absolute Gasteiger partial charge is 0.282 e. The van der Waals surface area contributed by atoms with Crippen molar-refractivity contribution in [3.05, 3.63) is 70.2 Å². The highest BCUT2D eigenvalue weighted by molar-refractivity contribution is 7.98. The fourth-order valence-corrected chi connectivity index (χ4v) is 5.14. The Hall–Kier alpha value is -3.24. The lowest BCUT2D eigenvalue weighted by Gasteiger charge is -2.21. The van der Waals surface area contributed by atoms with Crippen LogP contribution in [0, 0.1) is 0 Å². The van der Waals surface area contributed by atoms with Gasteiger partial charge in [0.1, 0.15) is 5.01 Å². The Balaban J connectivity index is 1.35. The third-order valence-corrected chi connectivity index (χ3v) is 7.51. The Labute approximate surface area is 207 Å². The van der Waals surface area contributed by atoms with Gasteiger partial charge in [-0.05, 0) is 43.7 Å². The molecule has 0 aliphatic carbocycles. The molecule has 10 heteroatoms. The van der Waals surface area contributed by atoms with Crippen LogP contribution in [0.2, 0.25) is 0 Å². The van der Waals surface area contributed by atoms with Gasteiger partial charge < -0.3 is 14.8 Å². The number of carbonyl (C=O) groups is 1. The van der Waals surface area contributed by atoms with Crippen molar-refractivity contribution in [3.63, 3.8) is 0 Å². The molecule has 4 rings (SSSR count).